The van der Waals surface area contributed by atoms with Gasteiger partial charge in [-0.15, -0.1) is 0 Å². The highest BCUT2D eigenvalue weighted by atomic mass is 16.5. The summed E-state index contributed by atoms with van der Waals surface area (Å²) in [6, 6.07) is 8.10. The van der Waals surface area contributed by atoms with Crippen LogP contribution in [0.2, 0.25) is 0 Å². The number of ether oxygens (including phenoxy) is 1. The van der Waals surface area contributed by atoms with Gasteiger partial charge >= 0.3 is 5.69 Å². The molecule has 7 nitrogen and oxygen atoms in total. The Morgan fingerprint density at radius 3 is 2.87 bits per heavy atom. The lowest BCUT2D eigenvalue weighted by molar-refractivity contribution is 0.397. The lowest BCUT2D eigenvalue weighted by atomic mass is 10.1. The summed E-state index contributed by atoms with van der Waals surface area (Å²) in [5.74, 6) is 1.61. The zero-order valence-electron chi connectivity index (χ0n) is 18.4. The van der Waals surface area contributed by atoms with Crippen molar-refractivity contribution in [2.75, 3.05) is 19.0 Å². The maximum atomic E-state index is 13.0. The predicted octanol–water partition coefficient (Wildman–Crippen LogP) is 3.83. The number of methoxy groups -OCH3 is 1. The van der Waals surface area contributed by atoms with E-state index < -0.39 is 0 Å². The average Bonchev–Trinajstić information content (AvgIpc) is 3.00. The van der Waals surface area contributed by atoms with E-state index in [1.54, 1.807) is 22.4 Å². The standard InChI is InChI=1S/C24H31N5O2/c1-3-21(19-10-12-22(31-2)26-17-19)29-16-15-28(24(29)30)14-6-8-20-11-9-18-7-4-5-13-25-23(18)27-20/h9-12,15-17,21H,3-8,13-14H2,1-2H3,(H,25,27)/t21-/m0/s1. The van der Waals surface area contributed by atoms with Crippen LogP contribution in [0.1, 0.15) is 55.5 Å². The summed E-state index contributed by atoms with van der Waals surface area (Å²) >= 11 is 0. The Balaban J connectivity index is 1.41. The molecule has 1 atom stereocenters. The number of nitrogens with zero attached hydrogens (tertiary/aromatic N) is 4. The van der Waals surface area contributed by atoms with Gasteiger partial charge in [-0.25, -0.2) is 14.8 Å². The van der Waals surface area contributed by atoms with Crippen molar-refractivity contribution < 1.29 is 4.74 Å². The smallest absolute Gasteiger partial charge is 0.328 e. The van der Waals surface area contributed by atoms with E-state index in [4.69, 9.17) is 9.72 Å². The van der Waals surface area contributed by atoms with Crippen molar-refractivity contribution in [3.63, 3.8) is 0 Å². The molecule has 0 spiro atoms. The van der Waals surface area contributed by atoms with Crippen LogP contribution in [0.15, 0.2) is 47.7 Å². The third-order valence-electron chi connectivity index (χ3n) is 5.98. The molecule has 4 heterocycles. The quantitative estimate of drug-likeness (QED) is 0.598. The minimum Gasteiger partial charge on any atom is -0.481 e. The van der Waals surface area contributed by atoms with Crippen LogP contribution in [0.5, 0.6) is 5.88 Å². The van der Waals surface area contributed by atoms with Crippen molar-refractivity contribution in [1.29, 1.82) is 0 Å². The Bertz CT molecular complexity index is 1050. The molecule has 31 heavy (non-hydrogen) atoms. The van der Waals surface area contributed by atoms with Gasteiger partial charge in [0.2, 0.25) is 5.88 Å². The topological polar surface area (TPSA) is 74.0 Å². The molecule has 0 aliphatic carbocycles. The van der Waals surface area contributed by atoms with Crippen LogP contribution in [0.25, 0.3) is 0 Å². The molecule has 4 rings (SSSR count). The molecule has 164 valence electrons. The molecule has 0 saturated carbocycles. The molecule has 0 saturated heterocycles. The van der Waals surface area contributed by atoms with Crippen LogP contribution in [0.3, 0.4) is 0 Å². The zero-order valence-corrected chi connectivity index (χ0v) is 18.4. The molecule has 7 heteroatoms. The van der Waals surface area contributed by atoms with Crippen molar-refractivity contribution in [3.05, 3.63) is 70.2 Å². The van der Waals surface area contributed by atoms with Crippen molar-refractivity contribution >= 4 is 5.82 Å². The Morgan fingerprint density at radius 2 is 2.10 bits per heavy atom. The average molecular weight is 422 g/mol. The summed E-state index contributed by atoms with van der Waals surface area (Å²) in [5, 5.41) is 3.45. The number of nitrogens with one attached hydrogen (secondary N) is 1. The van der Waals surface area contributed by atoms with Gasteiger partial charge < -0.3 is 10.1 Å². The molecule has 1 aliphatic heterocycles. The number of hydrogen-bond donors (Lipinski definition) is 1. The highest BCUT2D eigenvalue weighted by Gasteiger charge is 2.16. The molecule has 0 bridgehead atoms. The molecule has 0 amide bonds. The van der Waals surface area contributed by atoms with Crippen LogP contribution in [0, 0.1) is 0 Å². The first-order valence-corrected chi connectivity index (χ1v) is 11.2. The van der Waals surface area contributed by atoms with E-state index in [-0.39, 0.29) is 11.7 Å². The second-order valence-electron chi connectivity index (χ2n) is 8.04. The second-order valence-corrected chi connectivity index (χ2v) is 8.04. The number of aromatic nitrogens is 4. The molecule has 1 aliphatic rings. The molecule has 0 aromatic carbocycles. The lowest BCUT2D eigenvalue weighted by Gasteiger charge is -2.16. The minimum absolute atomic E-state index is 0.0132. The van der Waals surface area contributed by atoms with E-state index in [0.29, 0.717) is 12.4 Å². The summed E-state index contributed by atoms with van der Waals surface area (Å²) < 4.78 is 8.73. The van der Waals surface area contributed by atoms with E-state index in [0.717, 1.165) is 49.3 Å². The molecular formula is C24H31N5O2. The number of aryl methyl sites for hydroxylation is 3. The summed E-state index contributed by atoms with van der Waals surface area (Å²) in [4.78, 5) is 22.1. The summed E-state index contributed by atoms with van der Waals surface area (Å²) in [7, 11) is 1.60. The summed E-state index contributed by atoms with van der Waals surface area (Å²) in [6.07, 6.45) is 11.6. The molecular weight excluding hydrogens is 390 g/mol. The molecule has 0 fully saturated rings. The van der Waals surface area contributed by atoms with Gasteiger partial charge in [-0.05, 0) is 55.7 Å². The van der Waals surface area contributed by atoms with Gasteiger partial charge in [0.1, 0.15) is 5.82 Å². The zero-order chi connectivity index (χ0) is 21.6. The third-order valence-corrected chi connectivity index (χ3v) is 5.98. The predicted molar refractivity (Wildman–Crippen MR) is 122 cm³/mol. The fourth-order valence-corrected chi connectivity index (χ4v) is 4.24. The molecule has 3 aromatic heterocycles. The maximum Gasteiger partial charge on any atom is 0.328 e. The van der Waals surface area contributed by atoms with Crippen LogP contribution >= 0.6 is 0 Å². The number of anilines is 1. The van der Waals surface area contributed by atoms with Crippen LogP contribution in [0.4, 0.5) is 5.82 Å². The maximum absolute atomic E-state index is 13.0. The van der Waals surface area contributed by atoms with E-state index in [1.807, 2.05) is 24.5 Å². The third kappa shape index (κ3) is 4.81. The van der Waals surface area contributed by atoms with Gasteiger partial charge in [0.05, 0.1) is 13.2 Å². The first-order valence-electron chi connectivity index (χ1n) is 11.2. The van der Waals surface area contributed by atoms with Crippen molar-refractivity contribution in [1.82, 2.24) is 19.1 Å². The molecule has 0 radical (unpaired) electrons. The lowest BCUT2D eigenvalue weighted by Crippen LogP contribution is -2.28. The normalized spacial score (nSPS) is 14.4. The van der Waals surface area contributed by atoms with Gasteiger partial charge in [0.25, 0.3) is 0 Å². The highest BCUT2D eigenvalue weighted by molar-refractivity contribution is 5.46. The highest BCUT2D eigenvalue weighted by Crippen LogP contribution is 2.22. The van der Waals surface area contributed by atoms with Crippen LogP contribution in [-0.2, 0) is 19.4 Å². The first kappa shape index (κ1) is 21.2. The van der Waals surface area contributed by atoms with Gasteiger partial charge in [-0.2, -0.15) is 0 Å². The van der Waals surface area contributed by atoms with Crippen molar-refractivity contribution in [2.45, 2.75) is 58.0 Å². The van der Waals surface area contributed by atoms with Gasteiger partial charge in [-0.3, -0.25) is 9.13 Å². The largest absolute Gasteiger partial charge is 0.481 e. The molecule has 1 N–H and O–H groups in total. The Hall–Kier alpha value is -3.09. The van der Waals surface area contributed by atoms with Crippen molar-refractivity contribution in [3.8, 4) is 5.88 Å². The van der Waals surface area contributed by atoms with Gasteiger partial charge in [0.15, 0.2) is 0 Å². The second kappa shape index (κ2) is 9.81. The van der Waals surface area contributed by atoms with E-state index in [1.165, 1.54) is 18.4 Å². The number of imidazole rings is 1. The van der Waals surface area contributed by atoms with E-state index in [2.05, 4.69) is 29.4 Å². The van der Waals surface area contributed by atoms with E-state index in [9.17, 15) is 4.79 Å². The Morgan fingerprint density at radius 1 is 1.19 bits per heavy atom. The van der Waals surface area contributed by atoms with Crippen LogP contribution in [-0.4, -0.2) is 32.8 Å². The van der Waals surface area contributed by atoms with Crippen molar-refractivity contribution in [2.24, 2.45) is 0 Å². The fraction of sp³-hybridized carbons (Fsp3) is 0.458. The summed E-state index contributed by atoms with van der Waals surface area (Å²) in [5.41, 5.74) is 3.41. The number of fused-ring (bicyclic) bond motifs is 1. The minimum atomic E-state index is -0.0375. The monoisotopic (exact) mass is 421 g/mol. The SMILES string of the molecule is CC[C@@H](c1ccc(OC)nc1)n1ccn(CCCc2ccc3c(n2)NCCCC3)c1=O. The molecule has 0 unspecified atom stereocenters. The number of rotatable bonds is 8. The number of hydrogen-bond acceptors (Lipinski definition) is 5. The van der Waals surface area contributed by atoms with Gasteiger partial charge in [-0.1, -0.05) is 19.1 Å². The Labute approximate surface area is 183 Å². The Kier molecular flexibility index (Phi) is 6.70. The number of pyridine rings is 2. The van der Waals surface area contributed by atoms with E-state index >= 15 is 0 Å². The fourth-order valence-electron chi connectivity index (χ4n) is 4.24. The van der Waals surface area contributed by atoms with Gasteiger partial charge in [0, 0.05) is 43.4 Å². The first-order chi connectivity index (χ1) is 15.2. The summed E-state index contributed by atoms with van der Waals surface area (Å²) in [6.45, 7) is 3.75. The molecule has 3 aromatic rings. The van der Waals surface area contributed by atoms with Crippen LogP contribution < -0.4 is 15.7 Å².